The lowest BCUT2D eigenvalue weighted by atomic mass is 10.1. The van der Waals surface area contributed by atoms with E-state index in [1.54, 1.807) is 0 Å². The molecule has 16 heavy (non-hydrogen) atoms. The molecular weight excluding hydrogens is 245 g/mol. The van der Waals surface area contributed by atoms with Crippen molar-refractivity contribution in [3.8, 4) is 0 Å². The van der Waals surface area contributed by atoms with Gasteiger partial charge in [-0.2, -0.15) is 13.2 Å². The SMILES string of the molecule is CS(=O)c1ccc(C(=O)O)cc1C(F)(F)F. The minimum atomic E-state index is -4.72. The maximum atomic E-state index is 12.5. The molecule has 0 amide bonds. The van der Waals surface area contributed by atoms with Crippen LogP contribution >= 0.6 is 0 Å². The Morgan fingerprint density at radius 3 is 2.31 bits per heavy atom. The first-order chi connectivity index (χ1) is 7.23. The molecule has 1 N–H and O–H groups in total. The number of hydrogen-bond acceptors (Lipinski definition) is 2. The number of benzene rings is 1. The van der Waals surface area contributed by atoms with Gasteiger partial charge in [0.1, 0.15) is 0 Å². The standard InChI is InChI=1S/C9H7F3O3S/c1-16(15)7-3-2-5(8(13)14)4-6(7)9(10,11)12/h2-4H,1H3,(H,13,14). The van der Waals surface area contributed by atoms with E-state index in [2.05, 4.69) is 0 Å². The Hall–Kier alpha value is -1.37. The summed E-state index contributed by atoms with van der Waals surface area (Å²) in [6, 6.07) is 2.40. The summed E-state index contributed by atoms with van der Waals surface area (Å²) in [4.78, 5) is 10.1. The predicted molar refractivity (Wildman–Crippen MR) is 50.7 cm³/mol. The molecule has 0 aromatic heterocycles. The van der Waals surface area contributed by atoms with Crippen molar-refractivity contribution in [1.29, 1.82) is 0 Å². The molecule has 7 heteroatoms. The van der Waals surface area contributed by atoms with Gasteiger partial charge in [-0.15, -0.1) is 0 Å². The summed E-state index contributed by atoms with van der Waals surface area (Å²) in [6.45, 7) is 0. The zero-order valence-electron chi connectivity index (χ0n) is 8.04. The Bertz CT molecular complexity index is 454. The molecule has 1 aromatic carbocycles. The molecule has 1 unspecified atom stereocenters. The Morgan fingerprint density at radius 2 is 1.94 bits per heavy atom. The highest BCUT2D eigenvalue weighted by Gasteiger charge is 2.35. The summed E-state index contributed by atoms with van der Waals surface area (Å²) < 4.78 is 48.6. The number of rotatable bonds is 2. The van der Waals surface area contributed by atoms with Crippen LogP contribution in [-0.4, -0.2) is 21.5 Å². The highest BCUT2D eigenvalue weighted by atomic mass is 32.2. The highest BCUT2D eigenvalue weighted by Crippen LogP contribution is 2.34. The van der Waals surface area contributed by atoms with Gasteiger partial charge in [0.25, 0.3) is 0 Å². The molecule has 0 fully saturated rings. The van der Waals surface area contributed by atoms with E-state index in [0.717, 1.165) is 18.4 Å². The minimum Gasteiger partial charge on any atom is -0.478 e. The van der Waals surface area contributed by atoms with E-state index in [1.165, 1.54) is 0 Å². The normalized spacial score (nSPS) is 13.5. The molecule has 88 valence electrons. The molecule has 0 saturated carbocycles. The maximum absolute atomic E-state index is 12.5. The van der Waals surface area contributed by atoms with E-state index in [-0.39, 0.29) is 0 Å². The van der Waals surface area contributed by atoms with Crippen LogP contribution in [0.4, 0.5) is 13.2 Å². The van der Waals surface area contributed by atoms with Crippen molar-refractivity contribution in [1.82, 2.24) is 0 Å². The average molecular weight is 252 g/mol. The fourth-order valence-electron chi connectivity index (χ4n) is 1.14. The number of hydrogen-bond donors (Lipinski definition) is 1. The van der Waals surface area contributed by atoms with Gasteiger partial charge >= 0.3 is 12.1 Å². The van der Waals surface area contributed by atoms with Crippen molar-refractivity contribution in [2.24, 2.45) is 0 Å². The van der Waals surface area contributed by atoms with Crippen LogP contribution in [0.25, 0.3) is 0 Å². The van der Waals surface area contributed by atoms with Gasteiger partial charge in [0.05, 0.1) is 26.8 Å². The van der Waals surface area contributed by atoms with Crippen molar-refractivity contribution in [2.45, 2.75) is 11.1 Å². The van der Waals surface area contributed by atoms with Crippen molar-refractivity contribution in [3.05, 3.63) is 29.3 Å². The van der Waals surface area contributed by atoms with Crippen molar-refractivity contribution >= 4 is 16.8 Å². The van der Waals surface area contributed by atoms with E-state index in [0.29, 0.717) is 6.07 Å². The molecule has 1 rings (SSSR count). The first-order valence-corrected chi connectivity index (χ1v) is 5.57. The Balaban J connectivity index is 3.45. The second kappa shape index (κ2) is 4.25. The molecule has 0 aliphatic heterocycles. The second-order valence-corrected chi connectivity index (χ2v) is 4.32. The van der Waals surface area contributed by atoms with Gasteiger partial charge in [0.2, 0.25) is 0 Å². The summed E-state index contributed by atoms with van der Waals surface area (Å²) in [7, 11) is -1.82. The predicted octanol–water partition coefficient (Wildman–Crippen LogP) is 2.14. The van der Waals surface area contributed by atoms with Crippen molar-refractivity contribution in [2.75, 3.05) is 6.26 Å². The third kappa shape index (κ3) is 2.60. The Morgan fingerprint density at radius 1 is 1.38 bits per heavy atom. The monoisotopic (exact) mass is 252 g/mol. The first-order valence-electron chi connectivity index (χ1n) is 4.01. The fourth-order valence-corrected chi connectivity index (χ4v) is 1.88. The van der Waals surface area contributed by atoms with Gasteiger partial charge in [-0.3, -0.25) is 4.21 Å². The quantitative estimate of drug-likeness (QED) is 0.877. The summed E-state index contributed by atoms with van der Waals surface area (Å²) in [5.41, 5.74) is -1.66. The highest BCUT2D eigenvalue weighted by molar-refractivity contribution is 7.84. The van der Waals surface area contributed by atoms with Crippen LogP contribution in [0, 0.1) is 0 Å². The molecule has 0 heterocycles. The van der Waals surface area contributed by atoms with Gasteiger partial charge in [0, 0.05) is 6.26 Å². The summed E-state index contributed by atoms with van der Waals surface area (Å²) in [6.07, 6.45) is -3.61. The second-order valence-electron chi connectivity index (χ2n) is 2.97. The zero-order valence-corrected chi connectivity index (χ0v) is 8.85. The summed E-state index contributed by atoms with van der Waals surface area (Å²) in [5, 5.41) is 8.56. The van der Waals surface area contributed by atoms with Gasteiger partial charge in [-0.1, -0.05) is 0 Å². The number of alkyl halides is 3. The van der Waals surface area contributed by atoms with Crippen LogP contribution < -0.4 is 0 Å². The van der Waals surface area contributed by atoms with E-state index >= 15 is 0 Å². The van der Waals surface area contributed by atoms with Crippen LogP contribution in [0.15, 0.2) is 23.1 Å². The summed E-state index contributed by atoms with van der Waals surface area (Å²) >= 11 is 0. The van der Waals surface area contributed by atoms with Gasteiger partial charge < -0.3 is 5.11 Å². The molecule has 0 saturated heterocycles. The lowest BCUT2D eigenvalue weighted by Crippen LogP contribution is -2.11. The number of aromatic carboxylic acids is 1. The molecule has 0 aliphatic carbocycles. The fraction of sp³-hybridized carbons (Fsp3) is 0.222. The number of carbonyl (C=O) groups is 1. The van der Waals surface area contributed by atoms with Crippen LogP contribution in [0.5, 0.6) is 0 Å². The van der Waals surface area contributed by atoms with E-state index in [9.17, 15) is 22.2 Å². The van der Waals surface area contributed by atoms with Crippen LogP contribution in [0.2, 0.25) is 0 Å². The van der Waals surface area contributed by atoms with Gasteiger partial charge in [-0.25, -0.2) is 4.79 Å². The van der Waals surface area contributed by atoms with Crippen LogP contribution in [0.3, 0.4) is 0 Å². The maximum Gasteiger partial charge on any atom is 0.417 e. The van der Waals surface area contributed by atoms with E-state index < -0.39 is 39.0 Å². The zero-order chi connectivity index (χ0) is 12.5. The smallest absolute Gasteiger partial charge is 0.417 e. The molecule has 0 radical (unpaired) electrons. The largest absolute Gasteiger partial charge is 0.478 e. The molecule has 1 aromatic rings. The topological polar surface area (TPSA) is 54.4 Å². The first kappa shape index (κ1) is 12.7. The minimum absolute atomic E-state index is 0.419. The molecule has 0 spiro atoms. The van der Waals surface area contributed by atoms with Crippen molar-refractivity contribution < 1.29 is 27.3 Å². The number of carboxylic acids is 1. The lowest BCUT2D eigenvalue weighted by Gasteiger charge is -2.11. The third-order valence-corrected chi connectivity index (χ3v) is 2.82. The molecule has 1 atom stereocenters. The average Bonchev–Trinajstić information content (AvgIpc) is 2.15. The Kier molecular flexibility index (Phi) is 3.37. The van der Waals surface area contributed by atoms with E-state index in [4.69, 9.17) is 5.11 Å². The van der Waals surface area contributed by atoms with Crippen molar-refractivity contribution in [3.63, 3.8) is 0 Å². The van der Waals surface area contributed by atoms with Crippen LogP contribution in [-0.2, 0) is 17.0 Å². The molecule has 0 bridgehead atoms. The molecule has 0 aliphatic rings. The van der Waals surface area contributed by atoms with Gasteiger partial charge in [0.15, 0.2) is 0 Å². The molecule has 3 nitrogen and oxygen atoms in total. The number of carboxylic acid groups (broad SMARTS) is 1. The summed E-state index contributed by atoms with van der Waals surface area (Å²) in [5.74, 6) is -1.46. The molecular formula is C9H7F3O3S. The van der Waals surface area contributed by atoms with E-state index in [1.807, 2.05) is 0 Å². The lowest BCUT2D eigenvalue weighted by molar-refractivity contribution is -0.139. The third-order valence-electron chi connectivity index (χ3n) is 1.84. The van der Waals surface area contributed by atoms with Gasteiger partial charge in [-0.05, 0) is 18.2 Å². The Labute approximate surface area is 91.4 Å². The van der Waals surface area contributed by atoms with Crippen LogP contribution in [0.1, 0.15) is 15.9 Å². The number of halogens is 3.